The molecule has 0 aromatic heterocycles. The van der Waals surface area contributed by atoms with Crippen molar-refractivity contribution in [2.45, 2.75) is 71.9 Å². The normalized spacial score (nSPS) is 12.7. The van der Waals surface area contributed by atoms with Gasteiger partial charge in [-0.3, -0.25) is 0 Å². The van der Waals surface area contributed by atoms with Crippen LogP contribution in [0.2, 0.25) is 0 Å². The highest BCUT2D eigenvalue weighted by Gasteiger charge is 2.07. The van der Waals surface area contributed by atoms with Crippen LogP contribution < -0.4 is 10.1 Å². The van der Waals surface area contributed by atoms with E-state index in [0.717, 1.165) is 18.7 Å². The number of benzene rings is 1. The van der Waals surface area contributed by atoms with Crippen LogP contribution in [0.1, 0.15) is 58.9 Å². The predicted octanol–water partition coefficient (Wildman–Crippen LogP) is 4.57. The van der Waals surface area contributed by atoms with E-state index in [4.69, 9.17) is 4.74 Å². The second-order valence-corrected chi connectivity index (χ2v) is 5.79. The third-order valence-electron chi connectivity index (χ3n) is 3.40. The molecule has 0 radical (unpaired) electrons. The molecule has 1 atom stereocenters. The Kier molecular flexibility index (Phi) is 8.36. The molecule has 2 nitrogen and oxygen atoms in total. The summed E-state index contributed by atoms with van der Waals surface area (Å²) >= 11 is 0. The van der Waals surface area contributed by atoms with E-state index < -0.39 is 0 Å². The molecule has 2 heteroatoms. The van der Waals surface area contributed by atoms with E-state index in [1.54, 1.807) is 0 Å². The molecule has 0 amide bonds. The zero-order chi connectivity index (χ0) is 14.8. The number of ether oxygens (including phenoxy) is 1. The summed E-state index contributed by atoms with van der Waals surface area (Å²) in [5, 5.41) is 3.65. The van der Waals surface area contributed by atoms with Crippen LogP contribution in [0.4, 0.5) is 0 Å². The van der Waals surface area contributed by atoms with Crippen molar-refractivity contribution in [3.05, 3.63) is 29.8 Å². The van der Waals surface area contributed by atoms with Crippen LogP contribution in [0.15, 0.2) is 24.3 Å². The fourth-order valence-electron chi connectivity index (χ4n) is 2.39. The molecular weight excluding hydrogens is 246 g/mol. The van der Waals surface area contributed by atoms with Gasteiger partial charge in [-0.15, -0.1) is 0 Å². The van der Waals surface area contributed by atoms with Crippen LogP contribution in [-0.2, 0) is 6.42 Å². The van der Waals surface area contributed by atoms with Gasteiger partial charge in [-0.05, 0) is 63.8 Å². The van der Waals surface area contributed by atoms with Crippen LogP contribution in [0.3, 0.4) is 0 Å². The minimum Gasteiger partial charge on any atom is -0.491 e. The van der Waals surface area contributed by atoms with Crippen LogP contribution in [0.25, 0.3) is 0 Å². The fourth-order valence-corrected chi connectivity index (χ4v) is 2.39. The van der Waals surface area contributed by atoms with Crippen LogP contribution >= 0.6 is 0 Å². The first kappa shape index (κ1) is 17.0. The first-order valence-corrected chi connectivity index (χ1v) is 8.14. The minimum absolute atomic E-state index is 0.244. The van der Waals surface area contributed by atoms with Gasteiger partial charge in [0.15, 0.2) is 0 Å². The molecular formula is C18H31NO. The summed E-state index contributed by atoms with van der Waals surface area (Å²) in [6.45, 7) is 9.74. The van der Waals surface area contributed by atoms with E-state index in [-0.39, 0.29) is 6.10 Å². The molecule has 1 unspecified atom stereocenters. The average Bonchev–Trinajstić information content (AvgIpc) is 2.43. The van der Waals surface area contributed by atoms with E-state index in [1.165, 1.54) is 31.2 Å². The van der Waals surface area contributed by atoms with Gasteiger partial charge in [0.1, 0.15) is 5.75 Å². The number of hydrogen-bond donors (Lipinski definition) is 1. The van der Waals surface area contributed by atoms with E-state index >= 15 is 0 Å². The molecule has 1 aromatic rings. The lowest BCUT2D eigenvalue weighted by Crippen LogP contribution is -2.30. The Morgan fingerprint density at radius 1 is 1.00 bits per heavy atom. The van der Waals surface area contributed by atoms with Gasteiger partial charge in [0.05, 0.1) is 6.10 Å². The summed E-state index contributed by atoms with van der Waals surface area (Å²) in [6.07, 6.45) is 6.34. The predicted molar refractivity (Wildman–Crippen MR) is 87.5 cm³/mol. The van der Waals surface area contributed by atoms with Crippen molar-refractivity contribution >= 4 is 0 Å². The molecule has 0 spiro atoms. The van der Waals surface area contributed by atoms with Gasteiger partial charge >= 0.3 is 0 Å². The summed E-state index contributed by atoms with van der Waals surface area (Å²) in [4.78, 5) is 0. The van der Waals surface area contributed by atoms with E-state index in [0.29, 0.717) is 6.04 Å². The molecule has 20 heavy (non-hydrogen) atoms. The summed E-state index contributed by atoms with van der Waals surface area (Å²) in [5.41, 5.74) is 1.40. The molecule has 0 saturated heterocycles. The molecule has 0 fully saturated rings. The highest BCUT2D eigenvalue weighted by atomic mass is 16.5. The maximum Gasteiger partial charge on any atom is 0.119 e. The lowest BCUT2D eigenvalue weighted by Gasteiger charge is -2.18. The third kappa shape index (κ3) is 6.95. The van der Waals surface area contributed by atoms with Crippen molar-refractivity contribution < 1.29 is 4.74 Å². The summed E-state index contributed by atoms with van der Waals surface area (Å²) in [6, 6.07) is 9.22. The minimum atomic E-state index is 0.244. The number of nitrogens with one attached hydrogen (secondary N) is 1. The zero-order valence-electron chi connectivity index (χ0n) is 13.6. The maximum absolute atomic E-state index is 5.67. The highest BCUT2D eigenvalue weighted by Crippen LogP contribution is 2.16. The second-order valence-electron chi connectivity index (χ2n) is 5.79. The Balaban J connectivity index is 2.42. The Morgan fingerprint density at radius 3 is 2.25 bits per heavy atom. The van der Waals surface area contributed by atoms with Crippen molar-refractivity contribution in [1.29, 1.82) is 0 Å². The van der Waals surface area contributed by atoms with Crippen molar-refractivity contribution in [3.63, 3.8) is 0 Å². The van der Waals surface area contributed by atoms with Crippen LogP contribution in [0, 0.1) is 0 Å². The highest BCUT2D eigenvalue weighted by molar-refractivity contribution is 5.27. The van der Waals surface area contributed by atoms with Crippen LogP contribution in [-0.4, -0.2) is 18.7 Å². The van der Waals surface area contributed by atoms with Crippen molar-refractivity contribution in [2.75, 3.05) is 6.54 Å². The lowest BCUT2D eigenvalue weighted by molar-refractivity contribution is 0.242. The van der Waals surface area contributed by atoms with Gasteiger partial charge < -0.3 is 10.1 Å². The molecule has 1 N–H and O–H groups in total. The van der Waals surface area contributed by atoms with E-state index in [9.17, 15) is 0 Å². The Labute approximate surface area is 124 Å². The molecule has 0 aliphatic heterocycles. The maximum atomic E-state index is 5.67. The van der Waals surface area contributed by atoms with E-state index in [2.05, 4.69) is 57.3 Å². The second kappa shape index (κ2) is 9.82. The SMILES string of the molecule is CCCNC(CCC)CCc1ccc(OC(C)C)cc1. The first-order chi connectivity index (χ1) is 9.65. The van der Waals surface area contributed by atoms with Gasteiger partial charge in [-0.25, -0.2) is 0 Å². The molecule has 114 valence electrons. The Morgan fingerprint density at radius 2 is 1.70 bits per heavy atom. The first-order valence-electron chi connectivity index (χ1n) is 8.14. The summed E-state index contributed by atoms with van der Waals surface area (Å²) in [5.74, 6) is 0.970. The molecule has 0 bridgehead atoms. The van der Waals surface area contributed by atoms with Gasteiger partial charge in [-0.2, -0.15) is 0 Å². The smallest absolute Gasteiger partial charge is 0.119 e. The number of rotatable bonds is 10. The number of aryl methyl sites for hydroxylation is 1. The van der Waals surface area contributed by atoms with Gasteiger partial charge in [-0.1, -0.05) is 32.4 Å². The summed E-state index contributed by atoms with van der Waals surface area (Å²) in [7, 11) is 0. The van der Waals surface area contributed by atoms with Gasteiger partial charge in [0.2, 0.25) is 0 Å². The fraction of sp³-hybridized carbons (Fsp3) is 0.667. The molecule has 1 aromatic carbocycles. The van der Waals surface area contributed by atoms with Gasteiger partial charge in [0.25, 0.3) is 0 Å². The largest absolute Gasteiger partial charge is 0.491 e. The lowest BCUT2D eigenvalue weighted by atomic mass is 10.0. The van der Waals surface area contributed by atoms with E-state index in [1.807, 2.05) is 0 Å². The third-order valence-corrected chi connectivity index (χ3v) is 3.40. The number of hydrogen-bond acceptors (Lipinski definition) is 2. The molecule has 0 aliphatic carbocycles. The molecule has 0 heterocycles. The topological polar surface area (TPSA) is 21.3 Å². The molecule has 0 aliphatic rings. The monoisotopic (exact) mass is 277 g/mol. The molecule has 0 saturated carbocycles. The Hall–Kier alpha value is -1.02. The van der Waals surface area contributed by atoms with Crippen molar-refractivity contribution in [3.8, 4) is 5.75 Å². The summed E-state index contributed by atoms with van der Waals surface area (Å²) < 4.78 is 5.67. The zero-order valence-corrected chi connectivity index (χ0v) is 13.6. The van der Waals surface area contributed by atoms with Crippen molar-refractivity contribution in [2.24, 2.45) is 0 Å². The van der Waals surface area contributed by atoms with Crippen molar-refractivity contribution in [1.82, 2.24) is 5.32 Å². The quantitative estimate of drug-likeness (QED) is 0.676. The van der Waals surface area contributed by atoms with Gasteiger partial charge in [0, 0.05) is 6.04 Å². The Bertz CT molecular complexity index is 345. The molecule has 1 rings (SSSR count). The van der Waals surface area contributed by atoms with Crippen LogP contribution in [0.5, 0.6) is 5.75 Å². The standard InChI is InChI=1S/C18H31NO/c1-5-7-17(19-14-6-2)11-8-16-9-12-18(13-10-16)20-15(3)4/h9-10,12-13,15,17,19H,5-8,11,14H2,1-4H3. The average molecular weight is 277 g/mol.